The third kappa shape index (κ3) is 4.88. The molecule has 0 aromatic heterocycles. The molecular weight excluding hydrogens is 298 g/mol. The highest BCUT2D eigenvalue weighted by atomic mass is 35.5. The predicted octanol–water partition coefficient (Wildman–Crippen LogP) is 2.98. The van der Waals surface area contributed by atoms with Gasteiger partial charge in [0, 0.05) is 38.3 Å². The summed E-state index contributed by atoms with van der Waals surface area (Å²) in [5, 5.41) is 0. The lowest BCUT2D eigenvalue weighted by atomic mass is 9.98. The smallest absolute Gasteiger partial charge is 0.263 e. The Morgan fingerprint density at radius 1 is 1.43 bits per heavy atom. The number of halogens is 3. The van der Waals surface area contributed by atoms with E-state index in [4.69, 9.17) is 10.5 Å². The number of likely N-dealkylation sites (tertiary alicyclic amines) is 1. The van der Waals surface area contributed by atoms with Gasteiger partial charge in [0.25, 0.3) is 6.43 Å². The maximum absolute atomic E-state index is 12.7. The van der Waals surface area contributed by atoms with Crippen molar-refractivity contribution in [2.75, 3.05) is 20.2 Å². The Hall–Kier alpha value is -0.750. The zero-order valence-electron chi connectivity index (χ0n) is 12.2. The van der Waals surface area contributed by atoms with Gasteiger partial charge >= 0.3 is 0 Å². The van der Waals surface area contributed by atoms with Crippen molar-refractivity contribution in [2.45, 2.75) is 38.0 Å². The Morgan fingerprint density at radius 3 is 2.81 bits per heavy atom. The van der Waals surface area contributed by atoms with Gasteiger partial charge in [-0.25, -0.2) is 8.78 Å². The molecule has 0 bridgehead atoms. The van der Waals surface area contributed by atoms with Gasteiger partial charge in [0.15, 0.2) is 0 Å². The summed E-state index contributed by atoms with van der Waals surface area (Å²) in [5.41, 5.74) is 6.82. The van der Waals surface area contributed by atoms with E-state index in [1.807, 2.05) is 6.07 Å². The van der Waals surface area contributed by atoms with E-state index in [1.54, 1.807) is 19.2 Å². The van der Waals surface area contributed by atoms with Crippen LogP contribution >= 0.6 is 12.4 Å². The molecule has 1 heterocycles. The van der Waals surface area contributed by atoms with Crippen LogP contribution in [0, 0.1) is 0 Å². The minimum absolute atomic E-state index is 0. The van der Waals surface area contributed by atoms with Crippen LogP contribution in [0.25, 0.3) is 0 Å². The second-order valence-corrected chi connectivity index (χ2v) is 5.29. The standard InChI is InChI=1S/C15H22F2N2O.ClH/c1-20-14-5-6-19(13(8-14)9-18)10-11-3-2-4-12(7-11)15(16)17;/h2-4,7,13-15H,5-6,8-10,18H2,1H3;1H. The first-order chi connectivity index (χ1) is 9.63. The van der Waals surface area contributed by atoms with Gasteiger partial charge in [-0.05, 0) is 24.5 Å². The first-order valence-corrected chi connectivity index (χ1v) is 6.98. The quantitative estimate of drug-likeness (QED) is 0.906. The highest BCUT2D eigenvalue weighted by molar-refractivity contribution is 5.85. The lowest BCUT2D eigenvalue weighted by Gasteiger charge is -2.38. The molecule has 2 rings (SSSR count). The molecule has 0 aliphatic carbocycles. The maximum atomic E-state index is 12.7. The number of ether oxygens (including phenoxy) is 1. The molecular formula is C15H23ClF2N2O. The Morgan fingerprint density at radius 2 is 2.19 bits per heavy atom. The van der Waals surface area contributed by atoms with Gasteiger partial charge in [-0.2, -0.15) is 0 Å². The molecule has 0 amide bonds. The van der Waals surface area contributed by atoms with Crippen molar-refractivity contribution in [2.24, 2.45) is 5.73 Å². The fraction of sp³-hybridized carbons (Fsp3) is 0.600. The molecule has 3 nitrogen and oxygen atoms in total. The van der Waals surface area contributed by atoms with Crippen molar-refractivity contribution in [1.82, 2.24) is 4.90 Å². The molecule has 0 spiro atoms. The van der Waals surface area contributed by atoms with Gasteiger partial charge in [0.2, 0.25) is 0 Å². The molecule has 1 fully saturated rings. The highest BCUT2D eigenvalue weighted by Crippen LogP contribution is 2.24. The van der Waals surface area contributed by atoms with Crippen LogP contribution in [0.3, 0.4) is 0 Å². The molecule has 21 heavy (non-hydrogen) atoms. The predicted molar refractivity (Wildman–Crippen MR) is 81.9 cm³/mol. The first kappa shape index (κ1) is 18.3. The van der Waals surface area contributed by atoms with Gasteiger partial charge < -0.3 is 10.5 Å². The van der Waals surface area contributed by atoms with E-state index >= 15 is 0 Å². The fourth-order valence-corrected chi connectivity index (χ4v) is 2.79. The van der Waals surface area contributed by atoms with E-state index in [-0.39, 0.29) is 30.1 Å². The van der Waals surface area contributed by atoms with Crippen molar-refractivity contribution in [1.29, 1.82) is 0 Å². The summed E-state index contributed by atoms with van der Waals surface area (Å²) in [5.74, 6) is 0. The average molecular weight is 321 g/mol. The molecule has 2 N–H and O–H groups in total. The van der Waals surface area contributed by atoms with Crippen LogP contribution in [0.2, 0.25) is 0 Å². The number of rotatable bonds is 5. The Balaban J connectivity index is 0.00000220. The van der Waals surface area contributed by atoms with Crippen molar-refractivity contribution < 1.29 is 13.5 Å². The normalized spacial score (nSPS) is 23.1. The number of alkyl halides is 2. The minimum Gasteiger partial charge on any atom is -0.381 e. The van der Waals surface area contributed by atoms with Crippen LogP contribution in [-0.4, -0.2) is 37.2 Å². The lowest BCUT2D eigenvalue weighted by Crippen LogP contribution is -2.47. The van der Waals surface area contributed by atoms with Gasteiger partial charge in [-0.15, -0.1) is 12.4 Å². The summed E-state index contributed by atoms with van der Waals surface area (Å²) in [6, 6.07) is 6.88. The maximum Gasteiger partial charge on any atom is 0.263 e. The van der Waals surface area contributed by atoms with Crippen molar-refractivity contribution >= 4 is 12.4 Å². The fourth-order valence-electron chi connectivity index (χ4n) is 2.79. The number of piperidine rings is 1. The monoisotopic (exact) mass is 320 g/mol. The van der Waals surface area contributed by atoms with Crippen molar-refractivity contribution in [3.05, 3.63) is 35.4 Å². The molecule has 1 saturated heterocycles. The molecule has 2 atom stereocenters. The van der Waals surface area contributed by atoms with Crippen LogP contribution in [0.5, 0.6) is 0 Å². The average Bonchev–Trinajstić information content (AvgIpc) is 2.48. The molecule has 1 aromatic rings. The largest absolute Gasteiger partial charge is 0.381 e. The summed E-state index contributed by atoms with van der Waals surface area (Å²) in [6.07, 6.45) is -0.296. The first-order valence-electron chi connectivity index (χ1n) is 6.98. The summed E-state index contributed by atoms with van der Waals surface area (Å²) < 4.78 is 30.8. The second-order valence-electron chi connectivity index (χ2n) is 5.29. The zero-order valence-corrected chi connectivity index (χ0v) is 13.0. The third-order valence-corrected chi connectivity index (χ3v) is 3.98. The minimum atomic E-state index is -2.42. The second kappa shape index (κ2) is 8.63. The third-order valence-electron chi connectivity index (χ3n) is 3.98. The van der Waals surface area contributed by atoms with Crippen LogP contribution in [-0.2, 0) is 11.3 Å². The van der Waals surface area contributed by atoms with E-state index in [0.717, 1.165) is 24.9 Å². The Bertz CT molecular complexity index is 434. The highest BCUT2D eigenvalue weighted by Gasteiger charge is 2.27. The van der Waals surface area contributed by atoms with Crippen LogP contribution < -0.4 is 5.73 Å². The summed E-state index contributed by atoms with van der Waals surface area (Å²) >= 11 is 0. The Labute approximate surface area is 130 Å². The number of hydrogen-bond donors (Lipinski definition) is 1. The summed E-state index contributed by atoms with van der Waals surface area (Å²) in [7, 11) is 1.72. The van der Waals surface area contributed by atoms with E-state index in [0.29, 0.717) is 13.1 Å². The van der Waals surface area contributed by atoms with Gasteiger partial charge in [0.1, 0.15) is 0 Å². The van der Waals surface area contributed by atoms with Gasteiger partial charge in [-0.1, -0.05) is 18.2 Å². The lowest BCUT2D eigenvalue weighted by molar-refractivity contribution is 0.0102. The molecule has 6 heteroatoms. The van der Waals surface area contributed by atoms with Gasteiger partial charge in [-0.3, -0.25) is 4.90 Å². The van der Waals surface area contributed by atoms with Gasteiger partial charge in [0.05, 0.1) is 6.10 Å². The van der Waals surface area contributed by atoms with E-state index in [9.17, 15) is 8.78 Å². The Kier molecular flexibility index (Phi) is 7.52. The van der Waals surface area contributed by atoms with Crippen molar-refractivity contribution in [3.8, 4) is 0 Å². The molecule has 0 saturated carbocycles. The number of nitrogens with zero attached hydrogens (tertiary/aromatic N) is 1. The van der Waals surface area contributed by atoms with Crippen molar-refractivity contribution in [3.63, 3.8) is 0 Å². The molecule has 1 aliphatic heterocycles. The SMILES string of the molecule is COC1CCN(Cc2cccc(C(F)F)c2)C(CN)C1.Cl. The molecule has 0 radical (unpaired) electrons. The number of nitrogens with two attached hydrogens (primary N) is 1. The summed E-state index contributed by atoms with van der Waals surface area (Å²) in [6.45, 7) is 2.12. The van der Waals surface area contributed by atoms with Crippen LogP contribution in [0.4, 0.5) is 8.78 Å². The topological polar surface area (TPSA) is 38.5 Å². The van der Waals surface area contributed by atoms with Crippen LogP contribution in [0.15, 0.2) is 24.3 Å². The zero-order chi connectivity index (χ0) is 14.5. The number of benzene rings is 1. The van der Waals surface area contributed by atoms with E-state index in [2.05, 4.69) is 4.90 Å². The summed E-state index contributed by atoms with van der Waals surface area (Å²) in [4.78, 5) is 2.26. The molecule has 2 unspecified atom stereocenters. The molecule has 1 aromatic carbocycles. The van der Waals surface area contributed by atoms with E-state index in [1.165, 1.54) is 6.07 Å². The molecule has 1 aliphatic rings. The molecule has 120 valence electrons. The van der Waals surface area contributed by atoms with Crippen LogP contribution in [0.1, 0.15) is 30.4 Å². The van der Waals surface area contributed by atoms with E-state index < -0.39 is 6.43 Å². The number of methoxy groups -OCH3 is 1. The number of hydrogen-bond acceptors (Lipinski definition) is 3.